The molecule has 2 aliphatic rings. The van der Waals surface area contributed by atoms with E-state index in [1.165, 1.54) is 0 Å². The van der Waals surface area contributed by atoms with Crippen LogP contribution in [0.2, 0.25) is 0 Å². The van der Waals surface area contributed by atoms with Gasteiger partial charge in [0, 0.05) is 19.0 Å². The summed E-state index contributed by atoms with van der Waals surface area (Å²) in [5.74, 6) is 0.177. The Hall–Kier alpha value is -1.10. The van der Waals surface area contributed by atoms with Crippen molar-refractivity contribution < 1.29 is 14.3 Å². The molecule has 0 atom stereocenters. The third-order valence-electron chi connectivity index (χ3n) is 3.50. The van der Waals surface area contributed by atoms with E-state index >= 15 is 0 Å². The van der Waals surface area contributed by atoms with Gasteiger partial charge >= 0.3 is 0 Å². The maximum absolute atomic E-state index is 11.8. The predicted molar refractivity (Wildman–Crippen MR) is 62.4 cm³/mol. The molecule has 0 radical (unpaired) electrons. The van der Waals surface area contributed by atoms with Gasteiger partial charge in [-0.25, -0.2) is 0 Å². The molecular weight excluding hydrogens is 220 g/mol. The molecule has 0 unspecified atom stereocenters. The number of carbonyl (C=O) groups excluding carboxylic acids is 2. The number of morpholine rings is 1. The summed E-state index contributed by atoms with van der Waals surface area (Å²) >= 11 is 0. The molecule has 0 aromatic heterocycles. The number of amides is 2. The minimum atomic E-state index is -0.000327. The first-order valence-electron chi connectivity index (χ1n) is 6.40. The summed E-state index contributed by atoms with van der Waals surface area (Å²) in [6.45, 7) is 2.61. The van der Waals surface area contributed by atoms with Gasteiger partial charge in [-0.15, -0.1) is 0 Å². The Kier molecular flexibility index (Phi) is 4.36. The lowest BCUT2D eigenvalue weighted by molar-refractivity contribution is -0.136. The molecule has 2 amide bonds. The molecule has 17 heavy (non-hydrogen) atoms. The second-order valence-electron chi connectivity index (χ2n) is 4.69. The van der Waals surface area contributed by atoms with E-state index in [4.69, 9.17) is 4.74 Å². The van der Waals surface area contributed by atoms with Gasteiger partial charge in [-0.2, -0.15) is 0 Å². The molecule has 0 bridgehead atoms. The summed E-state index contributed by atoms with van der Waals surface area (Å²) in [4.78, 5) is 25.2. The lowest BCUT2D eigenvalue weighted by Crippen LogP contribution is -2.46. The summed E-state index contributed by atoms with van der Waals surface area (Å²) in [5, 5.41) is 2.75. The standard InChI is InChI=1S/C12H20N2O3/c15-11(14-5-7-17-8-6-14)9-13-12(16)10-3-1-2-4-10/h10H,1-9H2,(H,13,16). The molecule has 5 nitrogen and oxygen atoms in total. The van der Waals surface area contributed by atoms with Gasteiger partial charge in [-0.05, 0) is 12.8 Å². The van der Waals surface area contributed by atoms with E-state index in [9.17, 15) is 9.59 Å². The van der Waals surface area contributed by atoms with Crippen LogP contribution < -0.4 is 5.32 Å². The van der Waals surface area contributed by atoms with E-state index in [1.807, 2.05) is 0 Å². The first kappa shape index (κ1) is 12.4. The van der Waals surface area contributed by atoms with Crippen molar-refractivity contribution in [1.29, 1.82) is 0 Å². The van der Waals surface area contributed by atoms with Crippen molar-refractivity contribution in [3.63, 3.8) is 0 Å². The minimum Gasteiger partial charge on any atom is -0.378 e. The number of nitrogens with zero attached hydrogens (tertiary/aromatic N) is 1. The van der Waals surface area contributed by atoms with Gasteiger partial charge in [0.25, 0.3) is 0 Å². The molecule has 5 heteroatoms. The van der Waals surface area contributed by atoms with E-state index in [0.717, 1.165) is 25.7 Å². The van der Waals surface area contributed by atoms with E-state index in [1.54, 1.807) is 4.90 Å². The van der Waals surface area contributed by atoms with Crippen molar-refractivity contribution in [2.75, 3.05) is 32.8 Å². The van der Waals surface area contributed by atoms with E-state index in [0.29, 0.717) is 26.3 Å². The maximum atomic E-state index is 11.8. The highest BCUT2D eigenvalue weighted by Crippen LogP contribution is 2.24. The summed E-state index contributed by atoms with van der Waals surface area (Å²) in [7, 11) is 0. The number of hydrogen-bond donors (Lipinski definition) is 1. The van der Waals surface area contributed by atoms with E-state index in [2.05, 4.69) is 5.32 Å². The Balaban J connectivity index is 1.69. The van der Waals surface area contributed by atoms with Crippen LogP contribution in [0, 0.1) is 5.92 Å². The highest BCUT2D eigenvalue weighted by molar-refractivity contribution is 5.86. The van der Waals surface area contributed by atoms with Gasteiger partial charge in [0.2, 0.25) is 11.8 Å². The van der Waals surface area contributed by atoms with Crippen molar-refractivity contribution in [1.82, 2.24) is 10.2 Å². The van der Waals surface area contributed by atoms with Crippen LogP contribution in [0.1, 0.15) is 25.7 Å². The number of hydrogen-bond acceptors (Lipinski definition) is 3. The molecule has 1 N–H and O–H groups in total. The van der Waals surface area contributed by atoms with Crippen LogP contribution >= 0.6 is 0 Å². The SMILES string of the molecule is O=C(NCC(=O)N1CCOCC1)C1CCCC1. The van der Waals surface area contributed by atoms with Crippen molar-refractivity contribution in [2.45, 2.75) is 25.7 Å². The first-order valence-corrected chi connectivity index (χ1v) is 6.40. The lowest BCUT2D eigenvalue weighted by Gasteiger charge is -2.27. The predicted octanol–water partition coefficient (Wildman–Crippen LogP) is 0.152. The third-order valence-corrected chi connectivity index (χ3v) is 3.50. The molecule has 0 aromatic rings. The van der Waals surface area contributed by atoms with Crippen LogP contribution in [0.25, 0.3) is 0 Å². The van der Waals surface area contributed by atoms with Crippen molar-refractivity contribution in [3.8, 4) is 0 Å². The second kappa shape index (κ2) is 6.00. The van der Waals surface area contributed by atoms with Crippen LogP contribution in [0.4, 0.5) is 0 Å². The summed E-state index contributed by atoms with van der Waals surface area (Å²) < 4.78 is 5.18. The topological polar surface area (TPSA) is 58.6 Å². The highest BCUT2D eigenvalue weighted by atomic mass is 16.5. The largest absolute Gasteiger partial charge is 0.378 e. The Morgan fingerprint density at radius 3 is 2.47 bits per heavy atom. The van der Waals surface area contributed by atoms with Crippen LogP contribution in [0.3, 0.4) is 0 Å². The summed E-state index contributed by atoms with van der Waals surface area (Å²) in [6.07, 6.45) is 4.21. The Bertz CT molecular complexity index is 281. The molecule has 1 heterocycles. The molecule has 0 spiro atoms. The maximum Gasteiger partial charge on any atom is 0.242 e. The quantitative estimate of drug-likeness (QED) is 0.764. The molecule has 96 valence electrons. The Labute approximate surface area is 101 Å². The van der Waals surface area contributed by atoms with Crippen LogP contribution in [0.15, 0.2) is 0 Å². The third kappa shape index (κ3) is 3.43. The normalized spacial score (nSPS) is 21.5. The zero-order valence-corrected chi connectivity index (χ0v) is 10.1. The van der Waals surface area contributed by atoms with Gasteiger partial charge < -0.3 is 15.0 Å². The molecule has 2 rings (SSSR count). The average Bonchev–Trinajstić information content (AvgIpc) is 2.90. The molecule has 1 aliphatic heterocycles. The van der Waals surface area contributed by atoms with E-state index < -0.39 is 0 Å². The van der Waals surface area contributed by atoms with Gasteiger partial charge in [-0.1, -0.05) is 12.8 Å². The summed E-state index contributed by atoms with van der Waals surface area (Å²) in [5.41, 5.74) is 0. The van der Waals surface area contributed by atoms with Crippen molar-refractivity contribution >= 4 is 11.8 Å². The fourth-order valence-electron chi connectivity index (χ4n) is 2.42. The molecule has 1 saturated heterocycles. The van der Waals surface area contributed by atoms with Gasteiger partial charge in [-0.3, -0.25) is 9.59 Å². The van der Waals surface area contributed by atoms with Crippen molar-refractivity contribution in [2.24, 2.45) is 5.92 Å². The summed E-state index contributed by atoms with van der Waals surface area (Å²) in [6, 6.07) is 0. The fraction of sp³-hybridized carbons (Fsp3) is 0.833. The number of nitrogens with one attached hydrogen (secondary N) is 1. The molecular formula is C12H20N2O3. The van der Waals surface area contributed by atoms with Crippen LogP contribution in [-0.2, 0) is 14.3 Å². The Morgan fingerprint density at radius 1 is 1.18 bits per heavy atom. The number of carbonyl (C=O) groups is 2. The minimum absolute atomic E-state index is 0.000327. The lowest BCUT2D eigenvalue weighted by atomic mass is 10.1. The number of rotatable bonds is 3. The number of ether oxygens (including phenoxy) is 1. The zero-order valence-electron chi connectivity index (χ0n) is 10.1. The van der Waals surface area contributed by atoms with Crippen LogP contribution in [-0.4, -0.2) is 49.6 Å². The van der Waals surface area contributed by atoms with Gasteiger partial charge in [0.05, 0.1) is 19.8 Å². The van der Waals surface area contributed by atoms with Crippen molar-refractivity contribution in [3.05, 3.63) is 0 Å². The van der Waals surface area contributed by atoms with Crippen LogP contribution in [0.5, 0.6) is 0 Å². The molecule has 1 aliphatic carbocycles. The molecule has 2 fully saturated rings. The Morgan fingerprint density at radius 2 is 1.82 bits per heavy atom. The monoisotopic (exact) mass is 240 g/mol. The van der Waals surface area contributed by atoms with E-state index in [-0.39, 0.29) is 24.3 Å². The zero-order chi connectivity index (χ0) is 12.1. The van der Waals surface area contributed by atoms with Gasteiger partial charge in [0.15, 0.2) is 0 Å². The second-order valence-corrected chi connectivity index (χ2v) is 4.69. The molecule has 1 saturated carbocycles. The first-order chi connectivity index (χ1) is 8.27. The molecule has 0 aromatic carbocycles. The fourth-order valence-corrected chi connectivity index (χ4v) is 2.42. The highest BCUT2D eigenvalue weighted by Gasteiger charge is 2.24. The average molecular weight is 240 g/mol. The smallest absolute Gasteiger partial charge is 0.242 e. The van der Waals surface area contributed by atoms with Gasteiger partial charge in [0.1, 0.15) is 0 Å².